The fraction of sp³-hybridized carbons (Fsp3) is 0.381. The lowest BCUT2D eigenvalue weighted by atomic mass is 10.1. The van der Waals surface area contributed by atoms with Crippen LogP contribution in [0.25, 0.3) is 0 Å². The number of nitrogens with one attached hydrogen (secondary N) is 2. The van der Waals surface area contributed by atoms with E-state index in [4.69, 9.17) is 0 Å². The summed E-state index contributed by atoms with van der Waals surface area (Å²) < 4.78 is 41.1. The van der Waals surface area contributed by atoms with Gasteiger partial charge in [0.05, 0.1) is 0 Å². The maximum atomic E-state index is 12.2. The van der Waals surface area contributed by atoms with Crippen LogP contribution < -0.4 is 15.4 Å². The molecule has 2 rings (SSSR count). The number of aliphatic imine (C=N–C) groups is 1. The van der Waals surface area contributed by atoms with Gasteiger partial charge < -0.3 is 20.3 Å². The lowest BCUT2D eigenvalue weighted by Crippen LogP contribution is -2.37. The Hall–Kier alpha value is -3.30. The van der Waals surface area contributed by atoms with Crippen molar-refractivity contribution in [2.45, 2.75) is 19.1 Å². The van der Waals surface area contributed by atoms with Gasteiger partial charge in [0.25, 0.3) is 5.91 Å². The summed E-state index contributed by atoms with van der Waals surface area (Å²) in [5.74, 6) is 0.437. The van der Waals surface area contributed by atoms with Gasteiger partial charge in [-0.2, -0.15) is 13.2 Å². The first-order valence-electron chi connectivity index (χ1n) is 9.57. The van der Waals surface area contributed by atoms with E-state index in [-0.39, 0.29) is 11.8 Å². The van der Waals surface area contributed by atoms with E-state index in [1.54, 1.807) is 33.3 Å². The molecule has 1 aromatic carbocycles. The Morgan fingerprint density at radius 3 is 2.55 bits per heavy atom. The Morgan fingerprint density at radius 2 is 1.94 bits per heavy atom. The number of amides is 1. The monoisotopic (exact) mass is 437 g/mol. The molecule has 0 spiro atoms. The second-order valence-corrected chi connectivity index (χ2v) is 6.91. The molecule has 0 aliphatic heterocycles. The van der Waals surface area contributed by atoms with Gasteiger partial charge in [-0.1, -0.05) is 18.2 Å². The molecule has 0 saturated heterocycles. The van der Waals surface area contributed by atoms with Crippen molar-refractivity contribution in [1.29, 1.82) is 0 Å². The van der Waals surface area contributed by atoms with Crippen molar-refractivity contribution in [2.24, 2.45) is 4.99 Å². The highest BCUT2D eigenvalue weighted by Crippen LogP contribution is 2.17. The van der Waals surface area contributed by atoms with Gasteiger partial charge in [0.15, 0.2) is 12.6 Å². The average Bonchev–Trinajstić information content (AvgIpc) is 2.74. The number of carbonyl (C=O) groups excluding carboxylic acids is 1. The Labute approximate surface area is 179 Å². The number of hydrogen-bond donors (Lipinski definition) is 2. The van der Waals surface area contributed by atoms with E-state index in [1.165, 1.54) is 17.2 Å². The number of nitrogens with zero attached hydrogens (tertiary/aromatic N) is 3. The molecular formula is C21H26F3N5O2. The van der Waals surface area contributed by atoms with Crippen molar-refractivity contribution in [2.75, 3.05) is 34.3 Å². The third-order valence-corrected chi connectivity index (χ3v) is 4.15. The third kappa shape index (κ3) is 8.53. The standard InChI is InChI=1S/C21H26F3N5O2/c1-25-20(26-10-9-15-5-4-6-17(11-15)19(30)29(2)3)28-13-16-7-8-18(27-12-16)31-14-21(22,23)24/h4-8,11-12H,9-10,13-14H2,1-3H3,(H2,25,26,28). The van der Waals surface area contributed by atoms with Crippen LogP contribution in [0.2, 0.25) is 0 Å². The molecule has 1 aromatic heterocycles. The zero-order chi connectivity index (χ0) is 22.9. The predicted octanol–water partition coefficient (Wildman–Crippen LogP) is 2.63. The van der Waals surface area contributed by atoms with Gasteiger partial charge in [0, 0.05) is 52.1 Å². The summed E-state index contributed by atoms with van der Waals surface area (Å²) >= 11 is 0. The van der Waals surface area contributed by atoms with Crippen molar-refractivity contribution in [3.8, 4) is 5.88 Å². The average molecular weight is 437 g/mol. The molecule has 1 amide bonds. The summed E-state index contributed by atoms with van der Waals surface area (Å²) in [4.78, 5) is 21.6. The van der Waals surface area contributed by atoms with E-state index in [0.717, 1.165) is 11.1 Å². The van der Waals surface area contributed by atoms with Gasteiger partial charge in [0.2, 0.25) is 5.88 Å². The van der Waals surface area contributed by atoms with Crippen LogP contribution >= 0.6 is 0 Å². The summed E-state index contributed by atoms with van der Waals surface area (Å²) in [6.45, 7) is -0.388. The number of carbonyl (C=O) groups is 1. The van der Waals surface area contributed by atoms with Gasteiger partial charge in [-0.05, 0) is 29.7 Å². The molecule has 7 nitrogen and oxygen atoms in total. The first kappa shape index (κ1) is 24.0. The van der Waals surface area contributed by atoms with E-state index in [2.05, 4.69) is 25.3 Å². The molecule has 0 fully saturated rings. The fourth-order valence-corrected chi connectivity index (χ4v) is 2.61. The van der Waals surface area contributed by atoms with Crippen LogP contribution in [0.1, 0.15) is 21.5 Å². The normalized spacial score (nSPS) is 11.7. The Kier molecular flexibility index (Phi) is 8.65. The van der Waals surface area contributed by atoms with Crippen LogP contribution in [0.15, 0.2) is 47.6 Å². The smallest absolute Gasteiger partial charge is 0.422 e. The number of ether oxygens (including phenoxy) is 1. The lowest BCUT2D eigenvalue weighted by Gasteiger charge is -2.13. The summed E-state index contributed by atoms with van der Waals surface area (Å²) in [5.41, 5.74) is 2.42. The Bertz CT molecular complexity index is 883. The highest BCUT2D eigenvalue weighted by atomic mass is 19.4. The molecule has 1 heterocycles. The largest absolute Gasteiger partial charge is 0.468 e. The van der Waals surface area contributed by atoms with Gasteiger partial charge in [0.1, 0.15) is 0 Å². The van der Waals surface area contributed by atoms with Crippen LogP contribution in [-0.4, -0.2) is 62.2 Å². The molecule has 31 heavy (non-hydrogen) atoms. The number of guanidine groups is 1. The van der Waals surface area contributed by atoms with Gasteiger partial charge >= 0.3 is 6.18 Å². The predicted molar refractivity (Wildman–Crippen MR) is 112 cm³/mol. The maximum absolute atomic E-state index is 12.2. The van der Waals surface area contributed by atoms with Crippen LogP contribution in [0.3, 0.4) is 0 Å². The Balaban J connectivity index is 1.79. The topological polar surface area (TPSA) is 78.9 Å². The molecule has 0 aliphatic carbocycles. The minimum atomic E-state index is -4.40. The minimum Gasteiger partial charge on any atom is -0.468 e. The van der Waals surface area contributed by atoms with E-state index in [1.807, 2.05) is 18.2 Å². The van der Waals surface area contributed by atoms with Crippen molar-refractivity contribution in [1.82, 2.24) is 20.5 Å². The molecule has 2 N–H and O–H groups in total. The van der Waals surface area contributed by atoms with Gasteiger partial charge in [-0.25, -0.2) is 4.98 Å². The van der Waals surface area contributed by atoms with Crippen LogP contribution in [0.4, 0.5) is 13.2 Å². The summed E-state index contributed by atoms with van der Waals surface area (Å²) in [7, 11) is 5.06. The SMILES string of the molecule is CN=C(NCCc1cccc(C(=O)N(C)C)c1)NCc1ccc(OCC(F)(F)F)nc1. The van der Waals surface area contributed by atoms with Crippen molar-refractivity contribution in [3.63, 3.8) is 0 Å². The highest BCUT2D eigenvalue weighted by molar-refractivity contribution is 5.94. The van der Waals surface area contributed by atoms with E-state index in [9.17, 15) is 18.0 Å². The lowest BCUT2D eigenvalue weighted by molar-refractivity contribution is -0.154. The zero-order valence-corrected chi connectivity index (χ0v) is 17.7. The van der Waals surface area contributed by atoms with Crippen molar-refractivity contribution < 1.29 is 22.7 Å². The molecule has 0 unspecified atom stereocenters. The number of pyridine rings is 1. The second-order valence-electron chi connectivity index (χ2n) is 6.91. The fourth-order valence-electron chi connectivity index (χ4n) is 2.61. The molecule has 2 aromatic rings. The van der Waals surface area contributed by atoms with Crippen molar-refractivity contribution in [3.05, 3.63) is 59.3 Å². The molecule has 10 heteroatoms. The summed E-state index contributed by atoms with van der Waals surface area (Å²) in [6, 6.07) is 10.5. The van der Waals surface area contributed by atoms with E-state index < -0.39 is 12.8 Å². The van der Waals surface area contributed by atoms with Crippen molar-refractivity contribution >= 4 is 11.9 Å². The minimum absolute atomic E-state index is 0.0456. The highest BCUT2D eigenvalue weighted by Gasteiger charge is 2.28. The first-order chi connectivity index (χ1) is 14.7. The van der Waals surface area contributed by atoms with Gasteiger partial charge in [-0.3, -0.25) is 9.79 Å². The molecule has 0 atom stereocenters. The molecular weight excluding hydrogens is 411 g/mol. The van der Waals surface area contributed by atoms with Crippen LogP contribution in [0, 0.1) is 0 Å². The quantitative estimate of drug-likeness (QED) is 0.490. The van der Waals surface area contributed by atoms with Gasteiger partial charge in [-0.15, -0.1) is 0 Å². The number of halogens is 3. The van der Waals surface area contributed by atoms with E-state index >= 15 is 0 Å². The molecule has 168 valence electrons. The molecule has 0 radical (unpaired) electrons. The molecule has 0 aliphatic rings. The molecule has 0 bridgehead atoms. The number of aromatic nitrogens is 1. The summed E-state index contributed by atoms with van der Waals surface area (Å²) in [6.07, 6.45) is -2.26. The number of benzene rings is 1. The second kappa shape index (κ2) is 11.2. The summed E-state index contributed by atoms with van der Waals surface area (Å²) in [5, 5.41) is 6.29. The third-order valence-electron chi connectivity index (χ3n) is 4.15. The number of rotatable bonds is 8. The van der Waals surface area contributed by atoms with Crippen LogP contribution in [-0.2, 0) is 13.0 Å². The maximum Gasteiger partial charge on any atom is 0.422 e. The van der Waals surface area contributed by atoms with E-state index in [0.29, 0.717) is 31.0 Å². The van der Waals surface area contributed by atoms with Crippen LogP contribution in [0.5, 0.6) is 5.88 Å². The number of hydrogen-bond acceptors (Lipinski definition) is 4. The first-order valence-corrected chi connectivity index (χ1v) is 9.57. The zero-order valence-electron chi connectivity index (χ0n) is 17.7. The molecule has 0 saturated carbocycles. The Morgan fingerprint density at radius 1 is 1.16 bits per heavy atom. The number of alkyl halides is 3.